The van der Waals surface area contributed by atoms with Crippen LogP contribution in [-0.2, 0) is 6.42 Å². The lowest BCUT2D eigenvalue weighted by Gasteiger charge is -2.06. The number of halogens is 1. The van der Waals surface area contributed by atoms with Crippen LogP contribution in [0.5, 0.6) is 0 Å². The van der Waals surface area contributed by atoms with Gasteiger partial charge in [0, 0.05) is 17.3 Å². The lowest BCUT2D eigenvalue weighted by molar-refractivity contribution is 0.965. The number of nitrogens with two attached hydrogens (primary N) is 1. The van der Waals surface area contributed by atoms with Gasteiger partial charge in [-0.2, -0.15) is 0 Å². The van der Waals surface area contributed by atoms with E-state index in [0.29, 0.717) is 12.5 Å². The quantitative estimate of drug-likeness (QED) is 0.666. The van der Waals surface area contributed by atoms with Gasteiger partial charge in [-0.1, -0.05) is 47.5 Å². The lowest BCUT2D eigenvalue weighted by Crippen LogP contribution is -2.23. The van der Waals surface area contributed by atoms with E-state index in [1.54, 1.807) is 0 Å². The van der Waals surface area contributed by atoms with Crippen LogP contribution in [0.15, 0.2) is 53.5 Å². The van der Waals surface area contributed by atoms with Crippen LogP contribution in [0, 0.1) is 6.92 Å². The van der Waals surface area contributed by atoms with Crippen molar-refractivity contribution in [2.24, 2.45) is 10.7 Å². The summed E-state index contributed by atoms with van der Waals surface area (Å²) < 4.78 is 0. The first kappa shape index (κ1) is 14.4. The minimum absolute atomic E-state index is 0.418. The van der Waals surface area contributed by atoms with E-state index in [1.807, 2.05) is 55.5 Å². The molecule has 2 aromatic carbocycles. The SMILES string of the molecule is Cc1ccc(NC(N)=NCCc2ccccc2Cl)cc1. The van der Waals surface area contributed by atoms with E-state index in [1.165, 1.54) is 5.56 Å². The van der Waals surface area contributed by atoms with Gasteiger partial charge in [-0.15, -0.1) is 0 Å². The summed E-state index contributed by atoms with van der Waals surface area (Å²) in [5.41, 5.74) is 9.09. The summed E-state index contributed by atoms with van der Waals surface area (Å²) >= 11 is 6.09. The standard InChI is InChI=1S/C16H18ClN3/c1-12-6-8-14(9-7-12)20-16(18)19-11-10-13-4-2-3-5-15(13)17/h2-9H,10-11H2,1H3,(H3,18,19,20). The maximum atomic E-state index is 6.09. The van der Waals surface area contributed by atoms with Crippen LogP contribution < -0.4 is 11.1 Å². The summed E-state index contributed by atoms with van der Waals surface area (Å²) in [6, 6.07) is 15.8. The maximum absolute atomic E-state index is 6.09. The first-order chi connectivity index (χ1) is 9.65. The van der Waals surface area contributed by atoms with Crippen molar-refractivity contribution in [1.82, 2.24) is 0 Å². The summed E-state index contributed by atoms with van der Waals surface area (Å²) in [6.07, 6.45) is 0.774. The lowest BCUT2D eigenvalue weighted by atomic mass is 10.1. The molecule has 104 valence electrons. The zero-order valence-corrected chi connectivity index (χ0v) is 12.2. The smallest absolute Gasteiger partial charge is 0.193 e. The molecule has 3 N–H and O–H groups in total. The number of aryl methyl sites for hydroxylation is 1. The third-order valence-electron chi connectivity index (χ3n) is 2.95. The highest BCUT2D eigenvalue weighted by Crippen LogP contribution is 2.15. The largest absolute Gasteiger partial charge is 0.370 e. The fraction of sp³-hybridized carbons (Fsp3) is 0.188. The molecule has 0 radical (unpaired) electrons. The maximum Gasteiger partial charge on any atom is 0.193 e. The zero-order chi connectivity index (χ0) is 14.4. The van der Waals surface area contributed by atoms with Gasteiger partial charge in [0.05, 0.1) is 0 Å². The molecule has 0 aliphatic carbocycles. The van der Waals surface area contributed by atoms with E-state index in [-0.39, 0.29) is 0 Å². The molecule has 2 aromatic rings. The Morgan fingerprint density at radius 1 is 1.15 bits per heavy atom. The molecule has 0 saturated carbocycles. The van der Waals surface area contributed by atoms with E-state index in [4.69, 9.17) is 17.3 Å². The van der Waals surface area contributed by atoms with Crippen molar-refractivity contribution in [2.75, 3.05) is 11.9 Å². The van der Waals surface area contributed by atoms with E-state index in [0.717, 1.165) is 22.7 Å². The molecule has 0 amide bonds. The molecule has 0 aliphatic heterocycles. The van der Waals surface area contributed by atoms with Crippen LogP contribution in [-0.4, -0.2) is 12.5 Å². The van der Waals surface area contributed by atoms with Crippen molar-refractivity contribution in [2.45, 2.75) is 13.3 Å². The molecule has 4 heteroatoms. The van der Waals surface area contributed by atoms with E-state index < -0.39 is 0 Å². The number of guanidine groups is 1. The van der Waals surface area contributed by atoms with Crippen LogP contribution in [0.2, 0.25) is 5.02 Å². The second-order valence-corrected chi connectivity index (χ2v) is 5.01. The van der Waals surface area contributed by atoms with Crippen LogP contribution in [0.4, 0.5) is 5.69 Å². The second-order valence-electron chi connectivity index (χ2n) is 4.60. The van der Waals surface area contributed by atoms with Gasteiger partial charge in [0.2, 0.25) is 0 Å². The van der Waals surface area contributed by atoms with Crippen LogP contribution >= 0.6 is 11.6 Å². The minimum Gasteiger partial charge on any atom is -0.370 e. The predicted molar refractivity (Wildman–Crippen MR) is 86.4 cm³/mol. The van der Waals surface area contributed by atoms with Gasteiger partial charge in [0.15, 0.2) is 5.96 Å². The van der Waals surface area contributed by atoms with Gasteiger partial charge in [-0.05, 0) is 37.1 Å². The van der Waals surface area contributed by atoms with Crippen molar-refractivity contribution in [3.8, 4) is 0 Å². The first-order valence-corrected chi connectivity index (χ1v) is 6.90. The summed E-state index contributed by atoms with van der Waals surface area (Å²) in [4.78, 5) is 4.30. The number of nitrogens with one attached hydrogen (secondary N) is 1. The molecule has 0 spiro atoms. The minimum atomic E-state index is 0.418. The molecular formula is C16H18ClN3. The number of aliphatic imine (C=N–C) groups is 1. The van der Waals surface area contributed by atoms with E-state index in [2.05, 4.69) is 10.3 Å². The normalized spacial score (nSPS) is 11.4. The summed E-state index contributed by atoms with van der Waals surface area (Å²) in [7, 11) is 0. The average molecular weight is 288 g/mol. The fourth-order valence-corrected chi connectivity index (χ4v) is 2.05. The van der Waals surface area contributed by atoms with Crippen LogP contribution in [0.1, 0.15) is 11.1 Å². The van der Waals surface area contributed by atoms with Crippen molar-refractivity contribution >= 4 is 23.2 Å². The Hall–Kier alpha value is -2.00. The monoisotopic (exact) mass is 287 g/mol. The highest BCUT2D eigenvalue weighted by molar-refractivity contribution is 6.31. The zero-order valence-electron chi connectivity index (χ0n) is 11.4. The molecule has 0 aliphatic rings. The number of hydrogen-bond acceptors (Lipinski definition) is 1. The molecular weight excluding hydrogens is 270 g/mol. The van der Waals surface area contributed by atoms with Crippen LogP contribution in [0.3, 0.4) is 0 Å². The molecule has 3 nitrogen and oxygen atoms in total. The Balaban J connectivity index is 1.88. The Labute approximate surface area is 124 Å². The molecule has 0 saturated heterocycles. The molecule has 0 atom stereocenters. The Morgan fingerprint density at radius 2 is 1.85 bits per heavy atom. The second kappa shape index (κ2) is 6.96. The summed E-state index contributed by atoms with van der Waals surface area (Å²) in [6.45, 7) is 2.65. The van der Waals surface area contributed by atoms with Crippen molar-refractivity contribution in [3.63, 3.8) is 0 Å². The van der Waals surface area contributed by atoms with Gasteiger partial charge in [0.25, 0.3) is 0 Å². The molecule has 2 rings (SSSR count). The molecule has 0 fully saturated rings. The third kappa shape index (κ3) is 4.28. The highest BCUT2D eigenvalue weighted by atomic mass is 35.5. The number of anilines is 1. The summed E-state index contributed by atoms with van der Waals surface area (Å²) in [5, 5.41) is 3.84. The topological polar surface area (TPSA) is 50.4 Å². The van der Waals surface area contributed by atoms with Crippen molar-refractivity contribution in [3.05, 3.63) is 64.7 Å². The van der Waals surface area contributed by atoms with Gasteiger partial charge in [-0.25, -0.2) is 0 Å². The Morgan fingerprint density at radius 3 is 2.55 bits per heavy atom. The number of hydrogen-bond donors (Lipinski definition) is 2. The molecule has 0 aromatic heterocycles. The van der Waals surface area contributed by atoms with Crippen LogP contribution in [0.25, 0.3) is 0 Å². The Bertz CT molecular complexity index is 591. The molecule has 0 heterocycles. The molecule has 0 bridgehead atoms. The molecule has 20 heavy (non-hydrogen) atoms. The first-order valence-electron chi connectivity index (χ1n) is 6.52. The van der Waals surface area contributed by atoms with Gasteiger partial charge >= 0.3 is 0 Å². The van der Waals surface area contributed by atoms with Gasteiger partial charge < -0.3 is 11.1 Å². The van der Waals surface area contributed by atoms with Gasteiger partial charge in [-0.3, -0.25) is 4.99 Å². The third-order valence-corrected chi connectivity index (χ3v) is 3.31. The van der Waals surface area contributed by atoms with E-state index >= 15 is 0 Å². The van der Waals surface area contributed by atoms with Crippen molar-refractivity contribution in [1.29, 1.82) is 0 Å². The Kier molecular flexibility index (Phi) is 5.02. The highest BCUT2D eigenvalue weighted by Gasteiger charge is 1.99. The molecule has 0 unspecified atom stereocenters. The number of nitrogens with zero attached hydrogens (tertiary/aromatic N) is 1. The average Bonchev–Trinajstić information content (AvgIpc) is 2.43. The van der Waals surface area contributed by atoms with E-state index in [9.17, 15) is 0 Å². The van der Waals surface area contributed by atoms with Crippen molar-refractivity contribution < 1.29 is 0 Å². The predicted octanol–water partition coefficient (Wildman–Crippen LogP) is 3.62. The number of benzene rings is 2. The summed E-state index contributed by atoms with van der Waals surface area (Å²) in [5.74, 6) is 0.418. The fourth-order valence-electron chi connectivity index (χ4n) is 1.82. The van der Waals surface area contributed by atoms with Gasteiger partial charge in [0.1, 0.15) is 0 Å². The number of rotatable bonds is 4.